The zero-order valence-electron chi connectivity index (χ0n) is 10.3. The number of para-hydroxylation sites is 1. The first-order valence-corrected chi connectivity index (χ1v) is 6.70. The molecule has 0 aliphatic heterocycles. The molecule has 0 radical (unpaired) electrons. The molecule has 1 N–H and O–H groups in total. The summed E-state index contributed by atoms with van der Waals surface area (Å²) >= 11 is 11.9. The van der Waals surface area contributed by atoms with Gasteiger partial charge < -0.3 is 10.1 Å². The van der Waals surface area contributed by atoms with Crippen molar-refractivity contribution in [2.45, 2.75) is 25.9 Å². The molecule has 6 heteroatoms. The van der Waals surface area contributed by atoms with Gasteiger partial charge in [-0.05, 0) is 31.9 Å². The Hall–Kier alpha value is -1.26. The van der Waals surface area contributed by atoms with E-state index in [1.807, 2.05) is 0 Å². The SMILES string of the molecule is C[C@H](OC(=O)C1CC1)C(=O)Nc1c(Cl)cccc1Cl. The van der Waals surface area contributed by atoms with Crippen LogP contribution in [0.3, 0.4) is 0 Å². The highest BCUT2D eigenvalue weighted by molar-refractivity contribution is 6.39. The molecule has 0 aromatic heterocycles. The topological polar surface area (TPSA) is 55.4 Å². The Morgan fingerprint density at radius 1 is 1.32 bits per heavy atom. The number of amides is 1. The number of halogens is 2. The largest absolute Gasteiger partial charge is 0.452 e. The molecule has 4 nitrogen and oxygen atoms in total. The second-order valence-corrected chi connectivity index (χ2v) is 5.25. The van der Waals surface area contributed by atoms with Gasteiger partial charge in [-0.1, -0.05) is 29.3 Å². The van der Waals surface area contributed by atoms with Gasteiger partial charge in [0.1, 0.15) is 0 Å². The van der Waals surface area contributed by atoms with Crippen LogP contribution in [0.5, 0.6) is 0 Å². The number of carbonyl (C=O) groups excluding carboxylic acids is 2. The fourth-order valence-corrected chi connectivity index (χ4v) is 1.98. The lowest BCUT2D eigenvalue weighted by Gasteiger charge is -2.14. The second kappa shape index (κ2) is 5.80. The van der Waals surface area contributed by atoms with Crippen LogP contribution in [0.25, 0.3) is 0 Å². The Bertz CT molecular complexity index is 494. The third-order valence-corrected chi connectivity index (χ3v) is 3.41. The van der Waals surface area contributed by atoms with Crippen LogP contribution in [0.15, 0.2) is 18.2 Å². The van der Waals surface area contributed by atoms with E-state index < -0.39 is 12.0 Å². The first-order valence-electron chi connectivity index (χ1n) is 5.94. The highest BCUT2D eigenvalue weighted by atomic mass is 35.5. The van der Waals surface area contributed by atoms with E-state index in [2.05, 4.69) is 5.32 Å². The summed E-state index contributed by atoms with van der Waals surface area (Å²) in [5, 5.41) is 3.23. The first kappa shape index (κ1) is 14.2. The molecular formula is C13H13Cl2NO3. The maximum atomic E-state index is 11.9. The predicted molar refractivity (Wildman–Crippen MR) is 73.4 cm³/mol. The van der Waals surface area contributed by atoms with E-state index in [1.165, 1.54) is 6.92 Å². The van der Waals surface area contributed by atoms with E-state index in [0.717, 1.165) is 12.8 Å². The molecule has 1 fully saturated rings. The molecule has 0 saturated heterocycles. The summed E-state index contributed by atoms with van der Waals surface area (Å²) in [6.07, 6.45) is 0.799. The Labute approximate surface area is 121 Å². The van der Waals surface area contributed by atoms with E-state index in [-0.39, 0.29) is 11.9 Å². The molecule has 2 rings (SSSR count). The quantitative estimate of drug-likeness (QED) is 0.868. The van der Waals surface area contributed by atoms with Crippen LogP contribution >= 0.6 is 23.2 Å². The fraction of sp³-hybridized carbons (Fsp3) is 0.385. The first-order chi connectivity index (χ1) is 8.99. The molecule has 0 bridgehead atoms. The highest BCUT2D eigenvalue weighted by Crippen LogP contribution is 2.31. The molecule has 102 valence electrons. The molecule has 1 saturated carbocycles. The minimum atomic E-state index is -0.875. The average molecular weight is 302 g/mol. The van der Waals surface area contributed by atoms with Crippen molar-refractivity contribution in [3.63, 3.8) is 0 Å². The lowest BCUT2D eigenvalue weighted by Crippen LogP contribution is -2.30. The van der Waals surface area contributed by atoms with Gasteiger partial charge in [0.25, 0.3) is 5.91 Å². The van der Waals surface area contributed by atoms with E-state index in [9.17, 15) is 9.59 Å². The van der Waals surface area contributed by atoms with Crippen molar-refractivity contribution >= 4 is 40.8 Å². The van der Waals surface area contributed by atoms with Crippen molar-refractivity contribution in [3.05, 3.63) is 28.2 Å². The van der Waals surface area contributed by atoms with Crippen LogP contribution in [0, 0.1) is 5.92 Å². The number of carbonyl (C=O) groups is 2. The molecule has 1 aliphatic rings. The van der Waals surface area contributed by atoms with Gasteiger partial charge in [-0.2, -0.15) is 0 Å². The van der Waals surface area contributed by atoms with Crippen molar-refractivity contribution in [2.24, 2.45) is 5.92 Å². The van der Waals surface area contributed by atoms with Crippen molar-refractivity contribution in [2.75, 3.05) is 5.32 Å². The molecule has 19 heavy (non-hydrogen) atoms. The van der Waals surface area contributed by atoms with Crippen molar-refractivity contribution < 1.29 is 14.3 Å². The fourth-order valence-electron chi connectivity index (χ4n) is 1.49. The molecule has 1 amide bonds. The summed E-state index contributed by atoms with van der Waals surface area (Å²) in [6.45, 7) is 1.51. The zero-order chi connectivity index (χ0) is 14.0. The Morgan fingerprint density at radius 2 is 1.89 bits per heavy atom. The summed E-state index contributed by atoms with van der Waals surface area (Å²) in [6, 6.07) is 4.91. The van der Waals surface area contributed by atoms with Gasteiger partial charge in [-0.15, -0.1) is 0 Å². The number of ether oxygens (including phenoxy) is 1. The molecule has 0 spiro atoms. The molecule has 1 atom stereocenters. The van der Waals surface area contributed by atoms with Gasteiger partial charge >= 0.3 is 5.97 Å². The summed E-state index contributed by atoms with van der Waals surface area (Å²) < 4.78 is 5.05. The summed E-state index contributed by atoms with van der Waals surface area (Å²) in [5.74, 6) is -0.823. The monoisotopic (exact) mass is 301 g/mol. The van der Waals surface area contributed by atoms with Crippen LogP contribution in [-0.2, 0) is 14.3 Å². The Balaban J connectivity index is 1.98. The van der Waals surface area contributed by atoms with Crippen molar-refractivity contribution in [1.82, 2.24) is 0 Å². The van der Waals surface area contributed by atoms with Crippen molar-refractivity contribution in [3.8, 4) is 0 Å². The van der Waals surface area contributed by atoms with E-state index in [4.69, 9.17) is 27.9 Å². The molecule has 0 heterocycles. The second-order valence-electron chi connectivity index (χ2n) is 4.44. The van der Waals surface area contributed by atoms with Gasteiger partial charge in [-0.3, -0.25) is 9.59 Å². The van der Waals surface area contributed by atoms with Crippen molar-refractivity contribution in [1.29, 1.82) is 0 Å². The van der Waals surface area contributed by atoms with Crippen LogP contribution < -0.4 is 5.32 Å². The van der Waals surface area contributed by atoms with Gasteiger partial charge in [-0.25, -0.2) is 0 Å². The van der Waals surface area contributed by atoms with Gasteiger partial charge in [0.15, 0.2) is 6.10 Å². The lowest BCUT2D eigenvalue weighted by atomic mass is 10.3. The molecule has 1 aromatic rings. The van der Waals surface area contributed by atoms with Crippen LogP contribution in [0.4, 0.5) is 5.69 Å². The number of benzene rings is 1. The maximum absolute atomic E-state index is 11.9. The predicted octanol–water partition coefficient (Wildman–Crippen LogP) is 3.27. The maximum Gasteiger partial charge on any atom is 0.309 e. The number of anilines is 1. The molecule has 0 unspecified atom stereocenters. The van der Waals surface area contributed by atoms with E-state index >= 15 is 0 Å². The van der Waals surface area contributed by atoms with E-state index in [1.54, 1.807) is 18.2 Å². The van der Waals surface area contributed by atoms with Gasteiger partial charge in [0.2, 0.25) is 0 Å². The smallest absolute Gasteiger partial charge is 0.309 e. The number of rotatable bonds is 4. The normalized spacial score (nSPS) is 15.7. The summed E-state index contributed by atoms with van der Waals surface area (Å²) in [4.78, 5) is 23.3. The summed E-state index contributed by atoms with van der Waals surface area (Å²) in [5.41, 5.74) is 0.324. The minimum Gasteiger partial charge on any atom is -0.452 e. The number of esters is 1. The van der Waals surface area contributed by atoms with E-state index in [0.29, 0.717) is 15.7 Å². The Morgan fingerprint density at radius 3 is 2.42 bits per heavy atom. The molecular weight excluding hydrogens is 289 g/mol. The lowest BCUT2D eigenvalue weighted by molar-refractivity contribution is -0.154. The van der Waals surface area contributed by atoms with Crippen LogP contribution in [0.1, 0.15) is 19.8 Å². The number of hydrogen-bond acceptors (Lipinski definition) is 3. The molecule has 1 aromatic carbocycles. The standard InChI is InChI=1S/C13H13Cl2NO3/c1-7(19-13(18)8-5-6-8)12(17)16-11-9(14)3-2-4-10(11)15/h2-4,7-8H,5-6H2,1H3,(H,16,17)/t7-/m0/s1. The third kappa shape index (κ3) is 3.61. The van der Waals surface area contributed by atoms with Crippen LogP contribution in [0.2, 0.25) is 10.0 Å². The number of hydrogen-bond donors (Lipinski definition) is 1. The Kier molecular flexibility index (Phi) is 4.32. The zero-order valence-corrected chi connectivity index (χ0v) is 11.8. The van der Waals surface area contributed by atoms with Crippen LogP contribution in [-0.4, -0.2) is 18.0 Å². The highest BCUT2D eigenvalue weighted by Gasteiger charge is 2.33. The molecule has 1 aliphatic carbocycles. The van der Waals surface area contributed by atoms with Gasteiger partial charge in [0.05, 0.1) is 21.7 Å². The third-order valence-electron chi connectivity index (χ3n) is 2.78. The summed E-state index contributed by atoms with van der Waals surface area (Å²) in [7, 11) is 0. The number of nitrogens with one attached hydrogen (secondary N) is 1. The average Bonchev–Trinajstić information content (AvgIpc) is 3.17. The van der Waals surface area contributed by atoms with Gasteiger partial charge in [0, 0.05) is 0 Å². The minimum absolute atomic E-state index is 0.0425.